The molecule has 142 valence electrons. The smallest absolute Gasteiger partial charge is 0.265 e. The average molecular weight is 412 g/mol. The highest BCUT2D eigenvalue weighted by molar-refractivity contribution is 7.99. The van der Waals surface area contributed by atoms with Crippen molar-refractivity contribution in [2.45, 2.75) is 27.7 Å². The Morgan fingerprint density at radius 3 is 2.39 bits per heavy atom. The zero-order chi connectivity index (χ0) is 19.6. The third kappa shape index (κ3) is 3.76. The first-order valence-corrected chi connectivity index (χ1v) is 11.0. The summed E-state index contributed by atoms with van der Waals surface area (Å²) in [5.41, 5.74) is 2.23. The van der Waals surface area contributed by atoms with Gasteiger partial charge in [0.25, 0.3) is 5.89 Å². The minimum Gasteiger partial charge on any atom is -0.459 e. The number of hydrogen-bond acceptors (Lipinski definition) is 6. The van der Waals surface area contributed by atoms with E-state index in [0.717, 1.165) is 5.56 Å². The van der Waals surface area contributed by atoms with Crippen molar-refractivity contribution < 1.29 is 17.3 Å². The molecule has 0 atom stereocenters. The Balaban J connectivity index is 1.72. The number of aryl methyl sites for hydroxylation is 1. The molecule has 5 nitrogen and oxygen atoms in total. The van der Waals surface area contributed by atoms with Crippen LogP contribution < -0.4 is 0 Å². The molecule has 7 heteroatoms. The summed E-state index contributed by atoms with van der Waals surface area (Å²) in [5.74, 6) is 1.09. The number of sulfone groups is 1. The molecule has 28 heavy (non-hydrogen) atoms. The van der Waals surface area contributed by atoms with Crippen LogP contribution in [0.25, 0.3) is 11.7 Å². The average Bonchev–Trinajstić information content (AvgIpc) is 3.38. The fraction of sp³-hybridized carbons (Fsp3) is 0.0952. The SMILES string of the molecule is Cc1ccc(CSc2oc(-c3ccco3)nc2S(=O)(=O)c2ccccc2)cc1. The van der Waals surface area contributed by atoms with Crippen LogP contribution >= 0.6 is 11.8 Å². The lowest BCUT2D eigenvalue weighted by Crippen LogP contribution is -2.03. The fourth-order valence-corrected chi connectivity index (χ4v) is 5.11. The van der Waals surface area contributed by atoms with Crippen molar-refractivity contribution in [1.29, 1.82) is 0 Å². The lowest BCUT2D eigenvalue weighted by Gasteiger charge is -2.04. The molecule has 0 unspecified atom stereocenters. The first-order chi connectivity index (χ1) is 13.5. The van der Waals surface area contributed by atoms with E-state index in [0.29, 0.717) is 11.5 Å². The van der Waals surface area contributed by atoms with E-state index >= 15 is 0 Å². The van der Waals surface area contributed by atoms with Crippen molar-refractivity contribution in [3.05, 3.63) is 84.1 Å². The molecule has 0 aliphatic rings. The van der Waals surface area contributed by atoms with Crippen molar-refractivity contribution in [3.8, 4) is 11.7 Å². The number of hydrogen-bond donors (Lipinski definition) is 0. The minimum absolute atomic E-state index is 0.0952. The highest BCUT2D eigenvalue weighted by Gasteiger charge is 2.29. The third-order valence-corrected chi connectivity index (χ3v) is 6.92. The van der Waals surface area contributed by atoms with Gasteiger partial charge in [-0.3, -0.25) is 0 Å². The maximum absolute atomic E-state index is 13.1. The summed E-state index contributed by atoms with van der Waals surface area (Å²) in [5, 5.41) is 0.151. The molecule has 0 N–H and O–H groups in total. The molecular weight excluding hydrogens is 394 g/mol. The van der Waals surface area contributed by atoms with Crippen LogP contribution in [0.1, 0.15) is 11.1 Å². The zero-order valence-electron chi connectivity index (χ0n) is 15.0. The Hall–Kier alpha value is -2.77. The van der Waals surface area contributed by atoms with Crippen molar-refractivity contribution in [2.75, 3.05) is 0 Å². The van der Waals surface area contributed by atoms with E-state index in [9.17, 15) is 8.42 Å². The first kappa shape index (κ1) is 18.6. The van der Waals surface area contributed by atoms with Crippen LogP contribution in [0.4, 0.5) is 0 Å². The summed E-state index contributed by atoms with van der Waals surface area (Å²) in [6.07, 6.45) is 1.49. The lowest BCUT2D eigenvalue weighted by atomic mass is 10.2. The number of nitrogens with zero attached hydrogens (tertiary/aromatic N) is 1. The predicted octanol–water partition coefficient (Wildman–Crippen LogP) is 5.37. The molecule has 0 saturated carbocycles. The van der Waals surface area contributed by atoms with Gasteiger partial charge in [0.15, 0.2) is 5.76 Å². The van der Waals surface area contributed by atoms with Crippen LogP contribution in [0.15, 0.2) is 96.8 Å². The van der Waals surface area contributed by atoms with Gasteiger partial charge in [-0.25, -0.2) is 8.42 Å². The summed E-state index contributed by atoms with van der Waals surface area (Å²) in [6, 6.07) is 19.7. The Morgan fingerprint density at radius 1 is 0.964 bits per heavy atom. The quantitative estimate of drug-likeness (QED) is 0.397. The summed E-state index contributed by atoms with van der Waals surface area (Å²) < 4.78 is 37.4. The van der Waals surface area contributed by atoms with Gasteiger partial charge in [0.05, 0.1) is 11.2 Å². The van der Waals surface area contributed by atoms with E-state index in [4.69, 9.17) is 8.83 Å². The highest BCUT2D eigenvalue weighted by atomic mass is 32.2. The molecule has 4 aromatic rings. The van der Waals surface area contributed by atoms with Gasteiger partial charge in [-0.2, -0.15) is 4.98 Å². The molecule has 0 spiro atoms. The van der Waals surface area contributed by atoms with E-state index in [2.05, 4.69) is 4.98 Å². The van der Waals surface area contributed by atoms with Gasteiger partial charge < -0.3 is 8.83 Å². The number of furan rings is 1. The number of aromatic nitrogens is 1. The van der Waals surface area contributed by atoms with E-state index in [-0.39, 0.29) is 20.9 Å². The van der Waals surface area contributed by atoms with Gasteiger partial charge in [0.1, 0.15) is 0 Å². The van der Waals surface area contributed by atoms with Crippen LogP contribution in [0.5, 0.6) is 0 Å². The molecule has 0 fully saturated rings. The monoisotopic (exact) mass is 411 g/mol. The van der Waals surface area contributed by atoms with Crippen molar-refractivity contribution >= 4 is 21.6 Å². The maximum Gasteiger partial charge on any atom is 0.265 e. The Bertz CT molecular complexity index is 1160. The molecular formula is C21H17NO4S2. The number of oxazole rings is 1. The third-order valence-electron chi connectivity index (χ3n) is 4.10. The van der Waals surface area contributed by atoms with E-state index in [1.165, 1.54) is 23.6 Å². The van der Waals surface area contributed by atoms with Gasteiger partial charge >= 0.3 is 0 Å². The van der Waals surface area contributed by atoms with Gasteiger partial charge in [0.2, 0.25) is 20.0 Å². The molecule has 2 heterocycles. The maximum atomic E-state index is 13.1. The Morgan fingerprint density at radius 2 is 1.71 bits per heavy atom. The largest absolute Gasteiger partial charge is 0.459 e. The zero-order valence-corrected chi connectivity index (χ0v) is 16.7. The van der Waals surface area contributed by atoms with Crippen LogP contribution in [-0.2, 0) is 15.6 Å². The first-order valence-electron chi connectivity index (χ1n) is 8.57. The second kappa shape index (κ2) is 7.69. The highest BCUT2D eigenvalue weighted by Crippen LogP contribution is 2.36. The van der Waals surface area contributed by atoms with Gasteiger partial charge in [-0.1, -0.05) is 59.8 Å². The topological polar surface area (TPSA) is 73.3 Å². The van der Waals surface area contributed by atoms with Crippen LogP contribution in [0.2, 0.25) is 0 Å². The summed E-state index contributed by atoms with van der Waals surface area (Å²) in [4.78, 5) is 4.43. The van der Waals surface area contributed by atoms with Crippen molar-refractivity contribution in [3.63, 3.8) is 0 Å². The lowest BCUT2D eigenvalue weighted by molar-refractivity contribution is 0.451. The molecule has 0 aliphatic heterocycles. The molecule has 0 saturated heterocycles. The fourth-order valence-electron chi connectivity index (χ4n) is 2.60. The Labute approximate surface area is 167 Å². The summed E-state index contributed by atoms with van der Waals surface area (Å²) in [6.45, 7) is 2.02. The van der Waals surface area contributed by atoms with E-state index in [1.54, 1.807) is 42.5 Å². The second-order valence-electron chi connectivity index (χ2n) is 6.18. The van der Waals surface area contributed by atoms with Gasteiger partial charge in [-0.15, -0.1) is 0 Å². The van der Waals surface area contributed by atoms with Crippen LogP contribution in [-0.4, -0.2) is 13.4 Å². The van der Waals surface area contributed by atoms with Crippen LogP contribution in [0.3, 0.4) is 0 Å². The number of rotatable bonds is 6. The van der Waals surface area contributed by atoms with Crippen LogP contribution in [0, 0.1) is 6.92 Å². The molecule has 0 aliphatic carbocycles. The second-order valence-corrected chi connectivity index (χ2v) is 8.99. The van der Waals surface area contributed by atoms with Crippen molar-refractivity contribution in [1.82, 2.24) is 4.98 Å². The Kier molecular flexibility index (Phi) is 5.11. The normalized spacial score (nSPS) is 11.6. The number of benzene rings is 2. The van der Waals surface area contributed by atoms with Crippen molar-refractivity contribution in [2.24, 2.45) is 0 Å². The molecule has 2 aromatic carbocycles. The molecule has 0 radical (unpaired) electrons. The summed E-state index contributed by atoms with van der Waals surface area (Å²) in [7, 11) is -3.82. The molecule has 2 aromatic heterocycles. The van der Waals surface area contributed by atoms with E-state index in [1.807, 2.05) is 31.2 Å². The molecule has 0 amide bonds. The molecule has 4 rings (SSSR count). The molecule has 0 bridgehead atoms. The predicted molar refractivity (Wildman–Crippen MR) is 107 cm³/mol. The minimum atomic E-state index is -3.82. The van der Waals surface area contributed by atoms with E-state index < -0.39 is 9.84 Å². The van der Waals surface area contributed by atoms with Gasteiger partial charge in [-0.05, 0) is 36.8 Å². The summed E-state index contributed by atoms with van der Waals surface area (Å²) >= 11 is 1.30. The standard InChI is InChI=1S/C21H17NO4S2/c1-15-9-11-16(12-10-15)14-27-21-20(22-19(26-21)18-8-5-13-25-18)28(23,24)17-6-3-2-4-7-17/h2-13H,14H2,1H3. The van der Waals surface area contributed by atoms with Gasteiger partial charge in [0, 0.05) is 5.75 Å². The number of thioether (sulfide) groups is 1.